The first-order chi connectivity index (χ1) is 16.8. The van der Waals surface area contributed by atoms with Crippen molar-refractivity contribution in [2.24, 2.45) is 7.05 Å². The van der Waals surface area contributed by atoms with Crippen LogP contribution in [0.2, 0.25) is 0 Å². The van der Waals surface area contributed by atoms with E-state index in [1.165, 1.54) is 16.8 Å². The van der Waals surface area contributed by atoms with Crippen LogP contribution in [0.25, 0.3) is 11.4 Å². The lowest BCUT2D eigenvalue weighted by atomic mass is 10.1. The number of amides is 1. The predicted molar refractivity (Wildman–Crippen MR) is 131 cm³/mol. The molecule has 0 spiro atoms. The zero-order valence-corrected chi connectivity index (χ0v) is 20.7. The second-order valence-corrected chi connectivity index (χ2v) is 8.92. The van der Waals surface area contributed by atoms with Crippen molar-refractivity contribution in [3.63, 3.8) is 0 Å². The van der Waals surface area contributed by atoms with Crippen molar-refractivity contribution >= 4 is 17.7 Å². The number of nitrogens with zero attached hydrogens (tertiary/aromatic N) is 7. The van der Waals surface area contributed by atoms with Crippen LogP contribution < -0.4 is 5.56 Å². The van der Waals surface area contributed by atoms with Crippen LogP contribution in [0, 0.1) is 12.7 Å². The molecule has 35 heavy (non-hydrogen) atoms. The second kappa shape index (κ2) is 10.3. The van der Waals surface area contributed by atoms with Crippen molar-refractivity contribution in [3.8, 4) is 11.4 Å². The van der Waals surface area contributed by atoms with Gasteiger partial charge in [0.1, 0.15) is 5.82 Å². The molecule has 0 fully saturated rings. The van der Waals surface area contributed by atoms with E-state index in [1.807, 2.05) is 51.1 Å². The average Bonchev–Trinajstić information content (AvgIpc) is 3.40. The van der Waals surface area contributed by atoms with Gasteiger partial charge in [-0.15, -0.1) is 5.10 Å². The van der Waals surface area contributed by atoms with Gasteiger partial charge < -0.3 is 4.90 Å². The zero-order valence-electron chi connectivity index (χ0n) is 19.9. The van der Waals surface area contributed by atoms with Gasteiger partial charge in [-0.25, -0.2) is 9.07 Å². The summed E-state index contributed by atoms with van der Waals surface area (Å²) in [5, 5.41) is 12.2. The standard InChI is InChI=1S/C24H26FN7O2S/c1-5-30(16(2)18-11-13-19(25)14-12-18)21(33)15-35-24-26-27-28-31(24)22-17(3)29(4)32(23(22)34)20-9-7-6-8-10-20/h6-14,16H,5,15H2,1-4H3. The molecule has 0 saturated carbocycles. The van der Waals surface area contributed by atoms with Crippen LogP contribution in [0.4, 0.5) is 4.39 Å². The maximum Gasteiger partial charge on any atom is 0.297 e. The molecule has 4 aromatic rings. The highest BCUT2D eigenvalue weighted by Crippen LogP contribution is 2.24. The van der Waals surface area contributed by atoms with E-state index in [0.29, 0.717) is 23.1 Å². The summed E-state index contributed by atoms with van der Waals surface area (Å²) in [6, 6.07) is 15.2. The Kier molecular flexibility index (Phi) is 7.15. The lowest BCUT2D eigenvalue weighted by Crippen LogP contribution is -2.34. The minimum Gasteiger partial charge on any atom is -0.335 e. The monoisotopic (exact) mass is 495 g/mol. The van der Waals surface area contributed by atoms with Crippen molar-refractivity contribution in [2.75, 3.05) is 12.3 Å². The number of carbonyl (C=O) groups is 1. The van der Waals surface area contributed by atoms with Gasteiger partial charge in [0.15, 0.2) is 5.69 Å². The molecule has 2 aromatic carbocycles. The number of rotatable bonds is 8. The van der Waals surface area contributed by atoms with Gasteiger partial charge in [0.05, 0.1) is 23.2 Å². The molecule has 0 aliphatic carbocycles. The third-order valence-electron chi connectivity index (χ3n) is 5.98. The highest BCUT2D eigenvalue weighted by atomic mass is 32.2. The van der Waals surface area contributed by atoms with Crippen molar-refractivity contribution in [2.45, 2.75) is 32.0 Å². The van der Waals surface area contributed by atoms with E-state index in [1.54, 1.807) is 33.4 Å². The van der Waals surface area contributed by atoms with Gasteiger partial charge in [0.25, 0.3) is 5.56 Å². The highest BCUT2D eigenvalue weighted by molar-refractivity contribution is 7.99. The summed E-state index contributed by atoms with van der Waals surface area (Å²) >= 11 is 1.16. The van der Waals surface area contributed by atoms with Crippen LogP contribution in [0.1, 0.15) is 31.1 Å². The predicted octanol–water partition coefficient (Wildman–Crippen LogP) is 3.30. The maximum atomic E-state index is 13.3. The Balaban J connectivity index is 1.56. The Hall–Kier alpha value is -3.73. The van der Waals surface area contributed by atoms with Crippen LogP contribution in [-0.2, 0) is 11.8 Å². The molecule has 0 N–H and O–H groups in total. The minimum absolute atomic E-state index is 0.0819. The maximum absolute atomic E-state index is 13.3. The number of para-hydroxylation sites is 1. The lowest BCUT2D eigenvalue weighted by Gasteiger charge is -2.28. The fourth-order valence-corrected chi connectivity index (χ4v) is 4.77. The molecular weight excluding hydrogens is 469 g/mol. The molecule has 1 unspecified atom stereocenters. The van der Waals surface area contributed by atoms with Crippen molar-refractivity contribution < 1.29 is 9.18 Å². The van der Waals surface area contributed by atoms with Crippen molar-refractivity contribution in [1.29, 1.82) is 0 Å². The summed E-state index contributed by atoms with van der Waals surface area (Å²) in [5.74, 6) is -0.353. The lowest BCUT2D eigenvalue weighted by molar-refractivity contribution is -0.130. The molecule has 1 atom stereocenters. The molecule has 9 nitrogen and oxygen atoms in total. The Bertz CT molecular complexity index is 1380. The van der Waals surface area contributed by atoms with E-state index in [9.17, 15) is 14.0 Å². The van der Waals surface area contributed by atoms with Gasteiger partial charge in [0, 0.05) is 13.6 Å². The van der Waals surface area contributed by atoms with E-state index in [4.69, 9.17) is 0 Å². The molecule has 4 rings (SSSR count). The number of carbonyl (C=O) groups excluding carboxylic acids is 1. The smallest absolute Gasteiger partial charge is 0.297 e. The number of hydrogen-bond acceptors (Lipinski definition) is 6. The fourth-order valence-electron chi connectivity index (χ4n) is 4.00. The first-order valence-corrected chi connectivity index (χ1v) is 12.1. The van der Waals surface area contributed by atoms with Gasteiger partial charge in [-0.05, 0) is 61.0 Å². The molecule has 0 aliphatic rings. The topological polar surface area (TPSA) is 90.8 Å². The normalized spacial score (nSPS) is 12.0. The third-order valence-corrected chi connectivity index (χ3v) is 6.89. The number of tetrazole rings is 1. The van der Waals surface area contributed by atoms with E-state index in [-0.39, 0.29) is 29.1 Å². The van der Waals surface area contributed by atoms with Gasteiger partial charge in [0.2, 0.25) is 11.1 Å². The first kappa shape index (κ1) is 24.4. The Morgan fingerprint density at radius 2 is 1.83 bits per heavy atom. The summed E-state index contributed by atoms with van der Waals surface area (Å²) in [5.41, 5.74) is 2.30. The molecule has 2 aromatic heterocycles. The van der Waals surface area contributed by atoms with Crippen LogP contribution >= 0.6 is 11.8 Å². The molecule has 11 heteroatoms. The van der Waals surface area contributed by atoms with Crippen molar-refractivity contribution in [1.82, 2.24) is 34.5 Å². The van der Waals surface area contributed by atoms with Gasteiger partial charge in [-0.3, -0.25) is 14.3 Å². The Labute approximate surface area is 206 Å². The van der Waals surface area contributed by atoms with Crippen LogP contribution in [0.15, 0.2) is 64.5 Å². The Morgan fingerprint density at radius 3 is 2.49 bits per heavy atom. The molecule has 2 heterocycles. The summed E-state index contributed by atoms with van der Waals surface area (Å²) in [4.78, 5) is 28.1. The van der Waals surface area contributed by atoms with Gasteiger partial charge in [-0.2, -0.15) is 4.68 Å². The largest absolute Gasteiger partial charge is 0.335 e. The molecule has 182 valence electrons. The number of aromatic nitrogens is 6. The Morgan fingerprint density at radius 1 is 1.14 bits per heavy atom. The molecular formula is C24H26FN7O2S. The second-order valence-electron chi connectivity index (χ2n) is 7.98. The first-order valence-electron chi connectivity index (χ1n) is 11.1. The number of halogens is 1. The number of benzene rings is 2. The quantitative estimate of drug-likeness (QED) is 0.349. The molecule has 0 radical (unpaired) electrons. The summed E-state index contributed by atoms with van der Waals surface area (Å²) < 4.78 is 18.0. The molecule has 0 aliphatic heterocycles. The SMILES string of the molecule is CCN(C(=O)CSc1nnnn1-c1c(C)n(C)n(-c2ccccc2)c1=O)C(C)c1ccc(F)cc1. The summed E-state index contributed by atoms with van der Waals surface area (Å²) in [7, 11) is 1.80. The van der Waals surface area contributed by atoms with E-state index < -0.39 is 0 Å². The van der Waals surface area contributed by atoms with Gasteiger partial charge >= 0.3 is 0 Å². The molecule has 1 amide bonds. The minimum atomic E-state index is -0.319. The third kappa shape index (κ3) is 4.76. The van der Waals surface area contributed by atoms with Gasteiger partial charge in [-0.1, -0.05) is 42.1 Å². The molecule has 0 saturated heterocycles. The highest BCUT2D eigenvalue weighted by Gasteiger charge is 2.24. The number of thioether (sulfide) groups is 1. The summed E-state index contributed by atoms with van der Waals surface area (Å²) in [6.45, 7) is 6.11. The van der Waals surface area contributed by atoms with Crippen LogP contribution in [-0.4, -0.2) is 52.7 Å². The summed E-state index contributed by atoms with van der Waals surface area (Å²) in [6.07, 6.45) is 0. The average molecular weight is 496 g/mol. The van der Waals surface area contributed by atoms with E-state index in [0.717, 1.165) is 23.0 Å². The zero-order chi connectivity index (χ0) is 25.1. The van der Waals surface area contributed by atoms with Crippen LogP contribution in [0.5, 0.6) is 0 Å². The number of hydrogen-bond donors (Lipinski definition) is 0. The molecule has 0 bridgehead atoms. The van der Waals surface area contributed by atoms with Crippen molar-refractivity contribution in [3.05, 3.63) is 82.0 Å². The van der Waals surface area contributed by atoms with E-state index in [2.05, 4.69) is 15.5 Å². The fraction of sp³-hybridized carbons (Fsp3) is 0.292. The van der Waals surface area contributed by atoms with Crippen LogP contribution in [0.3, 0.4) is 0 Å². The van der Waals surface area contributed by atoms with E-state index >= 15 is 0 Å².